The van der Waals surface area contributed by atoms with E-state index in [4.69, 9.17) is 10.5 Å². The Labute approximate surface area is 91.6 Å². The van der Waals surface area contributed by atoms with Crippen molar-refractivity contribution < 1.29 is 4.74 Å². The van der Waals surface area contributed by atoms with Crippen LogP contribution in [0.25, 0.3) is 0 Å². The second-order valence-electron chi connectivity index (χ2n) is 3.70. The first kappa shape index (κ1) is 12.0. The predicted molar refractivity (Wildman–Crippen MR) is 63.2 cm³/mol. The zero-order valence-corrected chi connectivity index (χ0v) is 9.49. The number of hydrogen-bond donors (Lipinski definition) is 2. The fourth-order valence-electron chi connectivity index (χ4n) is 1.55. The van der Waals surface area contributed by atoms with E-state index >= 15 is 0 Å². The lowest BCUT2D eigenvalue weighted by molar-refractivity contribution is 0.414. The first-order chi connectivity index (χ1) is 7.26. The molecule has 3 N–H and O–H groups in total. The Kier molecular flexibility index (Phi) is 5.15. The molecule has 0 aliphatic heterocycles. The van der Waals surface area contributed by atoms with Crippen molar-refractivity contribution >= 4 is 0 Å². The van der Waals surface area contributed by atoms with E-state index in [2.05, 4.69) is 24.4 Å². The van der Waals surface area contributed by atoms with Gasteiger partial charge in [-0.05, 0) is 31.0 Å². The van der Waals surface area contributed by atoms with Gasteiger partial charge in [-0.25, -0.2) is 0 Å². The zero-order valence-electron chi connectivity index (χ0n) is 9.49. The van der Waals surface area contributed by atoms with Crippen molar-refractivity contribution in [3.8, 4) is 5.75 Å². The lowest BCUT2D eigenvalue weighted by Gasteiger charge is -2.13. The van der Waals surface area contributed by atoms with Crippen molar-refractivity contribution in [3.63, 3.8) is 0 Å². The number of hydrogen-bond acceptors (Lipinski definition) is 3. The fraction of sp³-hybridized carbons (Fsp3) is 0.500. The second-order valence-corrected chi connectivity index (χ2v) is 3.70. The molecule has 0 bridgehead atoms. The third-order valence-electron chi connectivity index (χ3n) is 2.31. The summed E-state index contributed by atoms with van der Waals surface area (Å²) in [6, 6.07) is 8.61. The van der Waals surface area contributed by atoms with Crippen LogP contribution in [0.4, 0.5) is 0 Å². The van der Waals surface area contributed by atoms with E-state index in [1.54, 1.807) is 7.11 Å². The third kappa shape index (κ3) is 4.32. The van der Waals surface area contributed by atoms with Gasteiger partial charge < -0.3 is 15.8 Å². The average molecular weight is 208 g/mol. The summed E-state index contributed by atoms with van der Waals surface area (Å²) in [5.74, 6) is 0.915. The molecular formula is C12H20N2O. The van der Waals surface area contributed by atoms with Gasteiger partial charge in [-0.3, -0.25) is 0 Å². The monoisotopic (exact) mass is 208 g/mol. The average Bonchev–Trinajstić information content (AvgIpc) is 2.26. The molecule has 15 heavy (non-hydrogen) atoms. The van der Waals surface area contributed by atoms with Crippen molar-refractivity contribution in [2.24, 2.45) is 5.73 Å². The van der Waals surface area contributed by atoms with Gasteiger partial charge in [-0.2, -0.15) is 0 Å². The number of benzene rings is 1. The van der Waals surface area contributed by atoms with Gasteiger partial charge in [0.25, 0.3) is 0 Å². The largest absolute Gasteiger partial charge is 0.497 e. The maximum absolute atomic E-state index is 5.43. The topological polar surface area (TPSA) is 47.3 Å². The summed E-state index contributed by atoms with van der Waals surface area (Å²) in [4.78, 5) is 0. The molecule has 0 amide bonds. The number of nitrogens with one attached hydrogen (secondary N) is 1. The van der Waals surface area contributed by atoms with Gasteiger partial charge in [-0.1, -0.05) is 12.1 Å². The molecule has 1 atom stereocenters. The molecule has 0 saturated carbocycles. The van der Waals surface area contributed by atoms with Crippen LogP contribution in [0, 0.1) is 0 Å². The Bertz CT molecular complexity index is 289. The summed E-state index contributed by atoms with van der Waals surface area (Å²) in [5, 5.41) is 3.35. The van der Waals surface area contributed by atoms with E-state index < -0.39 is 0 Å². The Morgan fingerprint density at radius 3 is 2.93 bits per heavy atom. The number of rotatable bonds is 6. The quantitative estimate of drug-likeness (QED) is 0.738. The minimum absolute atomic E-state index is 0.445. The lowest BCUT2D eigenvalue weighted by Crippen LogP contribution is -2.32. The van der Waals surface area contributed by atoms with Crippen LogP contribution in [0.2, 0.25) is 0 Å². The molecule has 0 aromatic heterocycles. The van der Waals surface area contributed by atoms with Gasteiger partial charge in [-0.15, -0.1) is 0 Å². The van der Waals surface area contributed by atoms with Gasteiger partial charge in [0.1, 0.15) is 5.75 Å². The number of methoxy groups -OCH3 is 1. The zero-order chi connectivity index (χ0) is 11.1. The maximum atomic E-state index is 5.43. The summed E-state index contributed by atoms with van der Waals surface area (Å²) in [7, 11) is 1.69. The summed E-state index contributed by atoms with van der Waals surface area (Å²) >= 11 is 0. The Morgan fingerprint density at radius 1 is 1.47 bits per heavy atom. The molecule has 3 heteroatoms. The Morgan fingerprint density at radius 2 is 2.27 bits per heavy atom. The van der Waals surface area contributed by atoms with Crippen molar-refractivity contribution in [3.05, 3.63) is 29.8 Å². The van der Waals surface area contributed by atoms with Gasteiger partial charge in [0.15, 0.2) is 0 Å². The molecule has 1 rings (SSSR count). The normalized spacial score (nSPS) is 12.5. The van der Waals surface area contributed by atoms with Crippen LogP contribution in [0.3, 0.4) is 0 Å². The fourth-order valence-corrected chi connectivity index (χ4v) is 1.55. The van der Waals surface area contributed by atoms with Gasteiger partial charge >= 0.3 is 0 Å². The van der Waals surface area contributed by atoms with Crippen LogP contribution in [0.5, 0.6) is 5.75 Å². The van der Waals surface area contributed by atoms with Crippen LogP contribution in [-0.2, 0) is 6.42 Å². The third-order valence-corrected chi connectivity index (χ3v) is 2.31. The summed E-state index contributed by atoms with van der Waals surface area (Å²) in [5.41, 5.74) is 6.72. The predicted octanol–water partition coefficient (Wildman–Crippen LogP) is 1.17. The van der Waals surface area contributed by atoms with Crippen LogP contribution < -0.4 is 15.8 Å². The minimum atomic E-state index is 0.445. The highest BCUT2D eigenvalue weighted by Gasteiger charge is 2.02. The van der Waals surface area contributed by atoms with Crippen molar-refractivity contribution in [1.82, 2.24) is 5.32 Å². The lowest BCUT2D eigenvalue weighted by atomic mass is 10.1. The van der Waals surface area contributed by atoms with Crippen LogP contribution in [0.15, 0.2) is 24.3 Å². The summed E-state index contributed by atoms with van der Waals surface area (Å²) in [6.45, 7) is 3.71. The molecule has 0 saturated heterocycles. The SMILES string of the molecule is COc1cccc(CC(C)NCCN)c1. The minimum Gasteiger partial charge on any atom is -0.497 e. The first-order valence-electron chi connectivity index (χ1n) is 5.32. The van der Waals surface area contributed by atoms with E-state index in [0.29, 0.717) is 12.6 Å². The standard InChI is InChI=1S/C12H20N2O/c1-10(14-7-6-13)8-11-4-3-5-12(9-11)15-2/h3-5,9-10,14H,6-8,13H2,1-2H3. The highest BCUT2D eigenvalue weighted by molar-refractivity contribution is 5.28. The van der Waals surface area contributed by atoms with E-state index in [-0.39, 0.29) is 0 Å². The van der Waals surface area contributed by atoms with E-state index in [0.717, 1.165) is 18.7 Å². The number of ether oxygens (including phenoxy) is 1. The highest BCUT2D eigenvalue weighted by Crippen LogP contribution is 2.13. The van der Waals surface area contributed by atoms with Crippen LogP contribution in [0.1, 0.15) is 12.5 Å². The molecule has 0 radical (unpaired) electrons. The van der Waals surface area contributed by atoms with Crippen molar-refractivity contribution in [2.45, 2.75) is 19.4 Å². The van der Waals surface area contributed by atoms with Gasteiger partial charge in [0.2, 0.25) is 0 Å². The molecule has 1 aromatic rings. The van der Waals surface area contributed by atoms with Crippen LogP contribution >= 0.6 is 0 Å². The molecular weight excluding hydrogens is 188 g/mol. The van der Waals surface area contributed by atoms with Crippen molar-refractivity contribution in [1.29, 1.82) is 0 Å². The Balaban J connectivity index is 2.48. The van der Waals surface area contributed by atoms with Gasteiger partial charge in [0, 0.05) is 19.1 Å². The maximum Gasteiger partial charge on any atom is 0.119 e. The molecule has 0 heterocycles. The molecule has 84 valence electrons. The molecule has 1 aromatic carbocycles. The second kappa shape index (κ2) is 6.43. The smallest absolute Gasteiger partial charge is 0.119 e. The van der Waals surface area contributed by atoms with Crippen molar-refractivity contribution in [2.75, 3.05) is 20.2 Å². The van der Waals surface area contributed by atoms with E-state index in [9.17, 15) is 0 Å². The molecule has 0 spiro atoms. The first-order valence-corrected chi connectivity index (χ1v) is 5.32. The molecule has 0 aliphatic rings. The molecule has 1 unspecified atom stereocenters. The summed E-state index contributed by atoms with van der Waals surface area (Å²) in [6.07, 6.45) is 0.997. The van der Waals surface area contributed by atoms with Crippen LogP contribution in [-0.4, -0.2) is 26.2 Å². The molecule has 3 nitrogen and oxygen atoms in total. The summed E-state index contributed by atoms with van der Waals surface area (Å²) < 4.78 is 5.18. The van der Waals surface area contributed by atoms with Gasteiger partial charge in [0.05, 0.1) is 7.11 Å². The van der Waals surface area contributed by atoms with E-state index in [1.807, 2.05) is 12.1 Å². The number of nitrogens with two attached hydrogens (primary N) is 1. The molecule has 0 fully saturated rings. The highest BCUT2D eigenvalue weighted by atomic mass is 16.5. The Hall–Kier alpha value is -1.06. The molecule has 0 aliphatic carbocycles. The van der Waals surface area contributed by atoms with E-state index in [1.165, 1.54) is 5.56 Å².